The van der Waals surface area contributed by atoms with Crippen LogP contribution < -0.4 is 4.72 Å². The van der Waals surface area contributed by atoms with Crippen molar-refractivity contribution in [2.24, 2.45) is 0 Å². The maximum Gasteiger partial charge on any atom is 0.266 e. The number of rotatable bonds is 3. The third kappa shape index (κ3) is 2.44. The highest BCUT2D eigenvalue weighted by Crippen LogP contribution is 2.20. The molecule has 0 fully saturated rings. The van der Waals surface area contributed by atoms with E-state index in [4.69, 9.17) is 5.26 Å². The zero-order valence-electron chi connectivity index (χ0n) is 8.66. The summed E-state index contributed by atoms with van der Waals surface area (Å²) < 4.78 is 42.9. The molecule has 9 heteroatoms. The number of hydrogen-bond donors (Lipinski definition) is 1. The van der Waals surface area contributed by atoms with Gasteiger partial charge in [-0.15, -0.1) is 0 Å². The molecule has 1 aromatic carbocycles. The van der Waals surface area contributed by atoms with Gasteiger partial charge in [0.2, 0.25) is 5.13 Å². The van der Waals surface area contributed by atoms with E-state index in [1.807, 2.05) is 0 Å². The predicted molar refractivity (Wildman–Crippen MR) is 61.8 cm³/mol. The summed E-state index contributed by atoms with van der Waals surface area (Å²) in [6.07, 6.45) is 1.17. The summed E-state index contributed by atoms with van der Waals surface area (Å²) in [6.45, 7) is 0. The van der Waals surface area contributed by atoms with Crippen LogP contribution in [0.5, 0.6) is 0 Å². The van der Waals surface area contributed by atoms with Gasteiger partial charge in [0.1, 0.15) is 17.0 Å². The standard InChI is InChI=1S/C9H5FN4O2S2/c10-7-2-1-6(4-11)3-8(7)18(15,16)14-9-12-5-13-17-9/h1-3,5H,(H,12,13,14). The molecule has 18 heavy (non-hydrogen) atoms. The van der Waals surface area contributed by atoms with Gasteiger partial charge < -0.3 is 0 Å². The molecule has 2 rings (SSSR count). The average molecular weight is 284 g/mol. The van der Waals surface area contributed by atoms with Crippen molar-refractivity contribution in [2.75, 3.05) is 4.72 Å². The molecule has 0 spiro atoms. The zero-order valence-corrected chi connectivity index (χ0v) is 10.3. The normalized spacial score (nSPS) is 10.9. The Morgan fingerprint density at radius 1 is 1.44 bits per heavy atom. The first-order chi connectivity index (χ1) is 8.53. The summed E-state index contributed by atoms with van der Waals surface area (Å²) in [5.41, 5.74) is 0.0500. The number of nitrogens with zero attached hydrogens (tertiary/aromatic N) is 3. The van der Waals surface area contributed by atoms with Gasteiger partial charge in [-0.05, 0) is 18.2 Å². The molecule has 6 nitrogen and oxygen atoms in total. The molecule has 1 heterocycles. The fourth-order valence-corrected chi connectivity index (χ4v) is 2.93. The lowest BCUT2D eigenvalue weighted by atomic mass is 10.2. The first-order valence-electron chi connectivity index (χ1n) is 4.52. The molecule has 0 atom stereocenters. The van der Waals surface area contributed by atoms with Crippen LogP contribution in [0.3, 0.4) is 0 Å². The van der Waals surface area contributed by atoms with E-state index in [0.29, 0.717) is 0 Å². The lowest BCUT2D eigenvalue weighted by Crippen LogP contribution is -2.14. The molecule has 92 valence electrons. The van der Waals surface area contributed by atoms with E-state index in [1.165, 1.54) is 12.4 Å². The number of anilines is 1. The fraction of sp³-hybridized carbons (Fsp3) is 0. The molecule has 0 aliphatic heterocycles. The Morgan fingerprint density at radius 3 is 2.83 bits per heavy atom. The summed E-state index contributed by atoms with van der Waals surface area (Å²) in [5, 5.41) is 8.69. The Labute approximate surface area is 106 Å². The smallest absolute Gasteiger partial charge is 0.253 e. The predicted octanol–water partition coefficient (Wildman–Crippen LogP) is 1.35. The number of sulfonamides is 1. The molecule has 0 saturated heterocycles. The van der Waals surface area contributed by atoms with Gasteiger partial charge in [-0.1, -0.05) is 0 Å². The SMILES string of the molecule is N#Cc1ccc(F)c(S(=O)(=O)Nc2ncns2)c1. The Morgan fingerprint density at radius 2 is 2.22 bits per heavy atom. The van der Waals surface area contributed by atoms with Crippen LogP contribution in [0, 0.1) is 17.1 Å². The second-order valence-corrected chi connectivity index (χ2v) is 5.54. The zero-order chi connectivity index (χ0) is 13.2. The van der Waals surface area contributed by atoms with E-state index in [9.17, 15) is 12.8 Å². The van der Waals surface area contributed by atoms with E-state index in [1.54, 1.807) is 6.07 Å². The summed E-state index contributed by atoms with van der Waals surface area (Å²) in [7, 11) is -4.11. The number of hydrogen-bond acceptors (Lipinski definition) is 6. The molecule has 0 bridgehead atoms. The summed E-state index contributed by atoms with van der Waals surface area (Å²) in [4.78, 5) is 3.03. The van der Waals surface area contributed by atoms with Crippen LogP contribution in [-0.4, -0.2) is 17.8 Å². The maximum absolute atomic E-state index is 13.5. The number of nitriles is 1. The van der Waals surface area contributed by atoms with Crippen LogP contribution >= 0.6 is 11.5 Å². The lowest BCUT2D eigenvalue weighted by Gasteiger charge is -2.05. The first-order valence-corrected chi connectivity index (χ1v) is 6.78. The van der Waals surface area contributed by atoms with E-state index in [0.717, 1.165) is 23.7 Å². The lowest BCUT2D eigenvalue weighted by molar-refractivity contribution is 0.570. The molecule has 0 saturated carbocycles. The van der Waals surface area contributed by atoms with E-state index < -0.39 is 20.7 Å². The second-order valence-electron chi connectivity index (χ2n) is 3.11. The van der Waals surface area contributed by atoms with Gasteiger partial charge in [-0.3, -0.25) is 4.72 Å². The molecule has 1 aromatic heterocycles. The minimum absolute atomic E-state index is 0.0248. The van der Waals surface area contributed by atoms with Crippen molar-refractivity contribution in [3.63, 3.8) is 0 Å². The van der Waals surface area contributed by atoms with Crippen molar-refractivity contribution in [1.29, 1.82) is 5.26 Å². The van der Waals surface area contributed by atoms with Crippen molar-refractivity contribution in [3.05, 3.63) is 35.9 Å². The van der Waals surface area contributed by atoms with Crippen molar-refractivity contribution >= 4 is 26.7 Å². The topological polar surface area (TPSA) is 95.7 Å². The summed E-state index contributed by atoms with van der Waals surface area (Å²) >= 11 is 0.821. The van der Waals surface area contributed by atoms with Gasteiger partial charge in [0, 0.05) is 11.5 Å². The van der Waals surface area contributed by atoms with Gasteiger partial charge in [-0.25, -0.2) is 17.8 Å². The van der Waals surface area contributed by atoms with Gasteiger partial charge >= 0.3 is 0 Å². The van der Waals surface area contributed by atoms with Crippen molar-refractivity contribution < 1.29 is 12.8 Å². The molecule has 0 aliphatic rings. The van der Waals surface area contributed by atoms with Crippen LogP contribution in [0.25, 0.3) is 0 Å². The first kappa shape index (κ1) is 12.4. The highest BCUT2D eigenvalue weighted by molar-refractivity contribution is 7.93. The number of nitrogens with one attached hydrogen (secondary N) is 1. The number of halogens is 1. The minimum Gasteiger partial charge on any atom is -0.253 e. The molecular weight excluding hydrogens is 279 g/mol. The molecule has 1 N–H and O–H groups in total. The van der Waals surface area contributed by atoms with Crippen LogP contribution in [-0.2, 0) is 10.0 Å². The Kier molecular flexibility index (Phi) is 3.22. The van der Waals surface area contributed by atoms with Crippen molar-refractivity contribution in [1.82, 2.24) is 9.36 Å². The Hall–Kier alpha value is -2.05. The Balaban J connectivity index is 2.44. The van der Waals surface area contributed by atoms with Gasteiger partial charge in [0.25, 0.3) is 10.0 Å². The molecule has 0 radical (unpaired) electrons. The quantitative estimate of drug-likeness (QED) is 0.917. The van der Waals surface area contributed by atoms with Crippen LogP contribution in [0.4, 0.5) is 9.52 Å². The monoisotopic (exact) mass is 284 g/mol. The van der Waals surface area contributed by atoms with Gasteiger partial charge in [0.05, 0.1) is 11.6 Å². The van der Waals surface area contributed by atoms with E-state index >= 15 is 0 Å². The fourth-order valence-electron chi connectivity index (χ4n) is 1.17. The molecule has 0 aliphatic carbocycles. The van der Waals surface area contributed by atoms with Crippen LogP contribution in [0.15, 0.2) is 29.4 Å². The third-order valence-corrected chi connectivity index (χ3v) is 4.00. The highest BCUT2D eigenvalue weighted by atomic mass is 32.2. The largest absolute Gasteiger partial charge is 0.266 e. The molecular formula is C9H5FN4O2S2. The van der Waals surface area contributed by atoms with E-state index in [-0.39, 0.29) is 10.7 Å². The number of benzene rings is 1. The summed E-state index contributed by atoms with van der Waals surface area (Å²) in [5.74, 6) is -0.939. The molecule has 0 unspecified atom stereocenters. The number of aromatic nitrogens is 2. The second kappa shape index (κ2) is 4.67. The third-order valence-electron chi connectivity index (χ3n) is 1.93. The van der Waals surface area contributed by atoms with Gasteiger partial charge in [0.15, 0.2) is 0 Å². The van der Waals surface area contributed by atoms with E-state index in [2.05, 4.69) is 14.1 Å². The van der Waals surface area contributed by atoms with Crippen LogP contribution in [0.1, 0.15) is 5.56 Å². The maximum atomic E-state index is 13.5. The van der Waals surface area contributed by atoms with Crippen molar-refractivity contribution in [2.45, 2.75) is 4.90 Å². The summed E-state index contributed by atoms with van der Waals surface area (Å²) in [6, 6.07) is 4.82. The average Bonchev–Trinajstić information content (AvgIpc) is 2.81. The van der Waals surface area contributed by atoms with Gasteiger partial charge in [-0.2, -0.15) is 9.64 Å². The van der Waals surface area contributed by atoms with Crippen molar-refractivity contribution in [3.8, 4) is 6.07 Å². The molecule has 2 aromatic rings. The minimum atomic E-state index is -4.11. The van der Waals surface area contributed by atoms with Crippen LogP contribution in [0.2, 0.25) is 0 Å². The molecule has 0 amide bonds. The Bertz CT molecular complexity index is 707. The highest BCUT2D eigenvalue weighted by Gasteiger charge is 2.20.